The number of nitrogens with zero attached hydrogens (tertiary/aromatic N) is 2. The standard InChI is InChI=1S/C19H25ClF2N2O3/c1-12(5-13(2)25)8-26-15-6-14(7-15)9-27-18-17(20)16(3-4-23-18)24-10-19(21,22)11-24/h3-4,12,14-15H,5-11H2,1-2H3/t12-,14?,15?/m1/s1. The summed E-state index contributed by atoms with van der Waals surface area (Å²) in [6.07, 6.45) is 4.05. The summed E-state index contributed by atoms with van der Waals surface area (Å²) in [6.45, 7) is 3.99. The van der Waals surface area contributed by atoms with Gasteiger partial charge in [0.2, 0.25) is 5.88 Å². The summed E-state index contributed by atoms with van der Waals surface area (Å²) >= 11 is 6.28. The first kappa shape index (κ1) is 20.3. The Morgan fingerprint density at radius 1 is 1.44 bits per heavy atom. The van der Waals surface area contributed by atoms with Gasteiger partial charge in [-0.05, 0) is 37.7 Å². The van der Waals surface area contributed by atoms with Gasteiger partial charge >= 0.3 is 0 Å². The Bertz CT molecular complexity index is 675. The molecule has 1 saturated carbocycles. The van der Waals surface area contributed by atoms with E-state index in [2.05, 4.69) is 4.98 Å². The molecule has 3 rings (SSSR count). The highest BCUT2D eigenvalue weighted by Crippen LogP contribution is 2.39. The quantitative estimate of drug-likeness (QED) is 0.625. The van der Waals surface area contributed by atoms with Crippen molar-refractivity contribution in [1.82, 2.24) is 4.98 Å². The van der Waals surface area contributed by atoms with E-state index in [9.17, 15) is 13.6 Å². The van der Waals surface area contributed by atoms with Crippen LogP contribution >= 0.6 is 11.6 Å². The number of hydrogen-bond donors (Lipinski definition) is 0. The Labute approximate surface area is 163 Å². The molecule has 1 aromatic rings. The molecule has 1 aromatic heterocycles. The van der Waals surface area contributed by atoms with Crippen molar-refractivity contribution >= 4 is 23.1 Å². The smallest absolute Gasteiger partial charge is 0.282 e. The van der Waals surface area contributed by atoms with Crippen LogP contribution in [0, 0.1) is 11.8 Å². The summed E-state index contributed by atoms with van der Waals surface area (Å²) in [4.78, 5) is 16.7. The lowest BCUT2D eigenvalue weighted by atomic mass is 9.83. The van der Waals surface area contributed by atoms with Crippen molar-refractivity contribution < 1.29 is 23.0 Å². The molecule has 0 aromatic carbocycles. The fourth-order valence-electron chi connectivity index (χ4n) is 3.44. The van der Waals surface area contributed by atoms with Crippen LogP contribution in [0.2, 0.25) is 5.02 Å². The van der Waals surface area contributed by atoms with E-state index in [1.807, 2.05) is 6.92 Å². The molecular formula is C19H25ClF2N2O3. The second-order valence-electron chi connectivity index (χ2n) is 7.78. The zero-order valence-corrected chi connectivity index (χ0v) is 16.3. The molecule has 0 bridgehead atoms. The zero-order chi connectivity index (χ0) is 19.6. The fraction of sp³-hybridized carbons (Fsp3) is 0.684. The van der Waals surface area contributed by atoms with Crippen molar-refractivity contribution in [3.63, 3.8) is 0 Å². The van der Waals surface area contributed by atoms with Gasteiger partial charge < -0.3 is 19.2 Å². The Hall–Kier alpha value is -1.47. The zero-order valence-electron chi connectivity index (χ0n) is 15.6. The predicted molar refractivity (Wildman–Crippen MR) is 98.8 cm³/mol. The van der Waals surface area contributed by atoms with E-state index in [0.29, 0.717) is 31.2 Å². The molecule has 8 heteroatoms. The highest BCUT2D eigenvalue weighted by atomic mass is 35.5. The second-order valence-corrected chi connectivity index (χ2v) is 8.15. The third-order valence-electron chi connectivity index (χ3n) is 4.92. The molecule has 150 valence electrons. The molecule has 0 spiro atoms. The maximum atomic E-state index is 13.1. The molecular weight excluding hydrogens is 378 g/mol. The molecule has 1 aliphatic carbocycles. The van der Waals surface area contributed by atoms with E-state index in [4.69, 9.17) is 21.1 Å². The minimum Gasteiger partial charge on any atom is -0.476 e. The number of rotatable bonds is 9. The van der Waals surface area contributed by atoms with E-state index >= 15 is 0 Å². The highest BCUT2D eigenvalue weighted by Gasteiger charge is 2.44. The van der Waals surface area contributed by atoms with Gasteiger partial charge in [0.05, 0.1) is 31.5 Å². The van der Waals surface area contributed by atoms with Crippen LogP contribution in [0.5, 0.6) is 5.88 Å². The average molecular weight is 403 g/mol. The molecule has 1 atom stereocenters. The van der Waals surface area contributed by atoms with Gasteiger partial charge in [0.1, 0.15) is 10.8 Å². The number of carbonyl (C=O) groups excluding carboxylic acids is 1. The molecule has 27 heavy (non-hydrogen) atoms. The molecule has 1 saturated heterocycles. The van der Waals surface area contributed by atoms with Gasteiger partial charge in [-0.1, -0.05) is 18.5 Å². The van der Waals surface area contributed by atoms with Crippen LogP contribution in [0.15, 0.2) is 12.3 Å². The van der Waals surface area contributed by atoms with Crippen LogP contribution in [0.4, 0.5) is 14.5 Å². The van der Waals surface area contributed by atoms with E-state index in [-0.39, 0.29) is 41.8 Å². The molecule has 0 unspecified atom stereocenters. The van der Waals surface area contributed by atoms with Crippen molar-refractivity contribution in [2.24, 2.45) is 11.8 Å². The Balaban J connectivity index is 1.40. The van der Waals surface area contributed by atoms with Gasteiger partial charge in [-0.15, -0.1) is 0 Å². The second kappa shape index (κ2) is 8.27. The van der Waals surface area contributed by atoms with E-state index in [0.717, 1.165) is 12.8 Å². The van der Waals surface area contributed by atoms with Crippen LogP contribution in [-0.4, -0.2) is 49.1 Å². The predicted octanol–water partition coefficient (Wildman–Crippen LogP) is 3.98. The number of carbonyl (C=O) groups is 1. The summed E-state index contributed by atoms with van der Waals surface area (Å²) < 4.78 is 37.7. The first-order valence-electron chi connectivity index (χ1n) is 9.24. The monoisotopic (exact) mass is 402 g/mol. The van der Waals surface area contributed by atoms with Gasteiger partial charge in [0, 0.05) is 19.2 Å². The van der Waals surface area contributed by atoms with Crippen LogP contribution in [-0.2, 0) is 9.53 Å². The molecule has 5 nitrogen and oxygen atoms in total. The summed E-state index contributed by atoms with van der Waals surface area (Å²) in [6, 6.07) is 1.62. The Kier molecular flexibility index (Phi) is 6.21. The summed E-state index contributed by atoms with van der Waals surface area (Å²) in [7, 11) is 0. The Morgan fingerprint density at radius 2 is 2.15 bits per heavy atom. The van der Waals surface area contributed by atoms with Crippen LogP contribution in [0.3, 0.4) is 0 Å². The van der Waals surface area contributed by atoms with Gasteiger partial charge in [-0.3, -0.25) is 0 Å². The van der Waals surface area contributed by atoms with Crippen molar-refractivity contribution in [3.05, 3.63) is 17.3 Å². The Morgan fingerprint density at radius 3 is 2.78 bits per heavy atom. The normalized spacial score (nSPS) is 24.7. The fourth-order valence-corrected chi connectivity index (χ4v) is 3.72. The number of ether oxygens (including phenoxy) is 2. The minimum absolute atomic E-state index is 0.180. The van der Waals surface area contributed by atoms with Gasteiger partial charge in [0.15, 0.2) is 0 Å². The number of Topliss-reactive ketones (excluding diaryl/α,β-unsaturated/α-hetero) is 1. The summed E-state index contributed by atoms with van der Waals surface area (Å²) in [5.74, 6) is -1.61. The largest absolute Gasteiger partial charge is 0.476 e. The molecule has 0 N–H and O–H groups in total. The molecule has 2 fully saturated rings. The van der Waals surface area contributed by atoms with E-state index < -0.39 is 5.92 Å². The topological polar surface area (TPSA) is 51.7 Å². The molecule has 0 radical (unpaired) electrons. The third kappa shape index (κ3) is 5.29. The van der Waals surface area contributed by atoms with Crippen molar-refractivity contribution in [2.45, 2.75) is 45.1 Å². The maximum absolute atomic E-state index is 13.1. The third-order valence-corrected chi connectivity index (χ3v) is 5.28. The first-order valence-corrected chi connectivity index (χ1v) is 9.62. The first-order chi connectivity index (χ1) is 12.7. The van der Waals surface area contributed by atoms with Crippen LogP contribution in [0.25, 0.3) is 0 Å². The number of alkyl halides is 2. The SMILES string of the molecule is CC(=O)C[C@@H](C)COC1CC(COc2nccc(N3CC(F)(F)C3)c2Cl)C1. The van der Waals surface area contributed by atoms with Gasteiger partial charge in [-0.2, -0.15) is 0 Å². The lowest BCUT2D eigenvalue weighted by molar-refractivity contribution is -0.119. The minimum atomic E-state index is -2.66. The highest BCUT2D eigenvalue weighted by molar-refractivity contribution is 6.34. The number of anilines is 1. The van der Waals surface area contributed by atoms with Crippen molar-refractivity contribution in [3.8, 4) is 5.88 Å². The van der Waals surface area contributed by atoms with Gasteiger partial charge in [-0.25, -0.2) is 13.8 Å². The lowest BCUT2D eigenvalue weighted by Crippen LogP contribution is -2.56. The molecule has 1 aliphatic heterocycles. The molecule has 0 amide bonds. The lowest BCUT2D eigenvalue weighted by Gasteiger charge is -2.40. The number of aromatic nitrogens is 1. The van der Waals surface area contributed by atoms with Crippen molar-refractivity contribution in [1.29, 1.82) is 0 Å². The average Bonchev–Trinajstić information content (AvgIpc) is 2.51. The van der Waals surface area contributed by atoms with E-state index in [1.54, 1.807) is 13.0 Å². The number of halogens is 3. The van der Waals surface area contributed by atoms with Crippen LogP contribution < -0.4 is 9.64 Å². The number of ketones is 1. The molecule has 2 heterocycles. The number of hydrogen-bond acceptors (Lipinski definition) is 5. The van der Waals surface area contributed by atoms with E-state index in [1.165, 1.54) is 11.1 Å². The summed E-state index contributed by atoms with van der Waals surface area (Å²) in [5, 5.41) is 0.276. The molecule has 2 aliphatic rings. The number of pyridine rings is 1. The van der Waals surface area contributed by atoms with Crippen LogP contribution in [0.1, 0.15) is 33.1 Å². The maximum Gasteiger partial charge on any atom is 0.282 e. The summed E-state index contributed by atoms with van der Waals surface area (Å²) in [5.41, 5.74) is 0.530. The van der Waals surface area contributed by atoms with Crippen molar-refractivity contribution in [2.75, 3.05) is 31.2 Å². The van der Waals surface area contributed by atoms with Gasteiger partial charge in [0.25, 0.3) is 5.92 Å².